The predicted octanol–water partition coefficient (Wildman–Crippen LogP) is 0.334. The monoisotopic (exact) mass is 235 g/mol. The van der Waals surface area contributed by atoms with Gasteiger partial charge in [0, 0.05) is 44.8 Å². The molecular weight excluding hydrogens is 218 g/mol. The summed E-state index contributed by atoms with van der Waals surface area (Å²) in [6.45, 7) is 2.78. The Kier molecular flexibility index (Phi) is 4.06. The molecule has 0 bridgehead atoms. The minimum Gasteiger partial charge on any atom is -0.396 e. The molecule has 1 aliphatic heterocycles. The maximum Gasteiger partial charge on any atom is 0.226 e. The molecule has 2 heterocycles. The van der Waals surface area contributed by atoms with Crippen LogP contribution in [0, 0.1) is 5.92 Å². The second kappa shape index (κ2) is 5.75. The quantitative estimate of drug-likeness (QED) is 0.772. The number of amides is 1. The SMILES string of the molecule is O=C(CCN1CC(CO)C1)Nc1ccccn1. The number of anilines is 1. The zero-order chi connectivity index (χ0) is 12.1. The molecule has 92 valence electrons. The fraction of sp³-hybridized carbons (Fsp3) is 0.500. The lowest BCUT2D eigenvalue weighted by molar-refractivity contribution is -0.117. The first-order valence-electron chi connectivity index (χ1n) is 5.82. The van der Waals surface area contributed by atoms with Crippen LogP contribution in [0.5, 0.6) is 0 Å². The number of aliphatic hydroxyl groups excluding tert-OH is 1. The number of nitrogens with one attached hydrogen (secondary N) is 1. The number of nitrogens with zero attached hydrogens (tertiary/aromatic N) is 2. The smallest absolute Gasteiger partial charge is 0.226 e. The Morgan fingerprint density at radius 2 is 2.35 bits per heavy atom. The van der Waals surface area contributed by atoms with E-state index in [2.05, 4.69) is 15.2 Å². The summed E-state index contributed by atoms with van der Waals surface area (Å²) in [5.74, 6) is 0.972. The highest BCUT2D eigenvalue weighted by molar-refractivity contribution is 5.89. The van der Waals surface area contributed by atoms with Gasteiger partial charge in [-0.05, 0) is 12.1 Å². The second-order valence-corrected chi connectivity index (χ2v) is 4.32. The van der Waals surface area contributed by atoms with Crippen LogP contribution in [0.1, 0.15) is 6.42 Å². The molecule has 5 heteroatoms. The van der Waals surface area contributed by atoms with E-state index in [9.17, 15) is 4.79 Å². The van der Waals surface area contributed by atoms with Crippen molar-refractivity contribution in [3.8, 4) is 0 Å². The van der Waals surface area contributed by atoms with E-state index in [-0.39, 0.29) is 12.5 Å². The molecule has 0 spiro atoms. The average Bonchev–Trinajstić information content (AvgIpc) is 2.28. The summed E-state index contributed by atoms with van der Waals surface area (Å²) in [4.78, 5) is 17.8. The van der Waals surface area contributed by atoms with Crippen molar-refractivity contribution in [1.82, 2.24) is 9.88 Å². The molecule has 0 radical (unpaired) electrons. The Morgan fingerprint density at radius 3 is 3.00 bits per heavy atom. The molecule has 0 unspecified atom stereocenters. The summed E-state index contributed by atoms with van der Waals surface area (Å²) in [6, 6.07) is 5.41. The van der Waals surface area contributed by atoms with Gasteiger partial charge < -0.3 is 15.3 Å². The minimum atomic E-state index is -0.0175. The van der Waals surface area contributed by atoms with E-state index in [4.69, 9.17) is 5.11 Å². The van der Waals surface area contributed by atoms with Crippen molar-refractivity contribution >= 4 is 11.7 Å². The summed E-state index contributed by atoms with van der Waals surface area (Å²) in [7, 11) is 0. The molecule has 0 saturated carbocycles. The van der Waals surface area contributed by atoms with Crippen molar-refractivity contribution in [3.63, 3.8) is 0 Å². The lowest BCUT2D eigenvalue weighted by atomic mass is 10.0. The van der Waals surface area contributed by atoms with Gasteiger partial charge in [0.15, 0.2) is 0 Å². The van der Waals surface area contributed by atoms with Gasteiger partial charge in [-0.3, -0.25) is 4.79 Å². The Morgan fingerprint density at radius 1 is 1.53 bits per heavy atom. The van der Waals surface area contributed by atoms with Gasteiger partial charge in [0.05, 0.1) is 0 Å². The minimum absolute atomic E-state index is 0.0175. The van der Waals surface area contributed by atoms with Crippen LogP contribution < -0.4 is 5.32 Å². The number of rotatable bonds is 5. The largest absolute Gasteiger partial charge is 0.396 e. The van der Waals surface area contributed by atoms with E-state index in [1.165, 1.54) is 0 Å². The molecule has 0 aromatic carbocycles. The van der Waals surface area contributed by atoms with Crippen molar-refractivity contribution in [2.75, 3.05) is 31.6 Å². The Bertz CT molecular complexity index is 363. The van der Waals surface area contributed by atoms with Gasteiger partial charge in [-0.2, -0.15) is 0 Å². The topological polar surface area (TPSA) is 65.5 Å². The lowest BCUT2D eigenvalue weighted by Gasteiger charge is -2.38. The number of pyridine rings is 1. The zero-order valence-corrected chi connectivity index (χ0v) is 9.67. The van der Waals surface area contributed by atoms with Crippen LogP contribution in [0.25, 0.3) is 0 Å². The Labute approximate surface area is 100 Å². The van der Waals surface area contributed by atoms with Crippen LogP contribution in [0.2, 0.25) is 0 Å². The second-order valence-electron chi connectivity index (χ2n) is 4.32. The molecule has 2 N–H and O–H groups in total. The molecule has 1 amide bonds. The van der Waals surface area contributed by atoms with E-state index >= 15 is 0 Å². The number of hydrogen-bond acceptors (Lipinski definition) is 4. The molecule has 1 aromatic rings. The lowest BCUT2D eigenvalue weighted by Crippen LogP contribution is -2.49. The average molecular weight is 235 g/mol. The van der Waals surface area contributed by atoms with Crippen LogP contribution in [0.3, 0.4) is 0 Å². The van der Waals surface area contributed by atoms with Crippen LogP contribution in [0.15, 0.2) is 24.4 Å². The van der Waals surface area contributed by atoms with Crippen molar-refractivity contribution in [3.05, 3.63) is 24.4 Å². The third-order valence-electron chi connectivity index (χ3n) is 2.88. The molecule has 17 heavy (non-hydrogen) atoms. The molecule has 2 rings (SSSR count). The molecule has 1 aromatic heterocycles. The number of aliphatic hydroxyl groups is 1. The number of carbonyl (C=O) groups is 1. The number of carbonyl (C=O) groups excluding carboxylic acids is 1. The summed E-state index contributed by atoms with van der Waals surface area (Å²) < 4.78 is 0. The van der Waals surface area contributed by atoms with Crippen molar-refractivity contribution in [2.24, 2.45) is 5.92 Å². The number of likely N-dealkylation sites (tertiary alicyclic amines) is 1. The Hall–Kier alpha value is -1.46. The van der Waals surface area contributed by atoms with Gasteiger partial charge in [-0.25, -0.2) is 4.98 Å². The predicted molar refractivity (Wildman–Crippen MR) is 64.5 cm³/mol. The van der Waals surface area contributed by atoms with Crippen molar-refractivity contribution in [1.29, 1.82) is 0 Å². The van der Waals surface area contributed by atoms with Gasteiger partial charge in [-0.1, -0.05) is 6.07 Å². The maximum absolute atomic E-state index is 11.6. The first-order valence-corrected chi connectivity index (χ1v) is 5.82. The Balaban J connectivity index is 1.65. The normalized spacial score (nSPS) is 16.5. The first kappa shape index (κ1) is 12.0. The van der Waals surface area contributed by atoms with Gasteiger partial charge in [-0.15, -0.1) is 0 Å². The van der Waals surface area contributed by atoms with Crippen molar-refractivity contribution in [2.45, 2.75) is 6.42 Å². The number of aromatic nitrogens is 1. The molecular formula is C12H17N3O2. The molecule has 0 aliphatic carbocycles. The maximum atomic E-state index is 11.6. The summed E-state index contributed by atoms with van der Waals surface area (Å²) >= 11 is 0. The summed E-state index contributed by atoms with van der Waals surface area (Å²) in [5.41, 5.74) is 0. The highest BCUT2D eigenvalue weighted by Gasteiger charge is 2.25. The van der Waals surface area contributed by atoms with Gasteiger partial charge in [0.25, 0.3) is 0 Å². The summed E-state index contributed by atoms with van der Waals surface area (Å²) in [6.07, 6.45) is 2.12. The van der Waals surface area contributed by atoms with E-state index in [0.29, 0.717) is 18.2 Å². The van der Waals surface area contributed by atoms with Gasteiger partial charge in [0.1, 0.15) is 5.82 Å². The van der Waals surface area contributed by atoms with Crippen LogP contribution in [-0.2, 0) is 4.79 Å². The van der Waals surface area contributed by atoms with E-state index in [1.807, 2.05) is 12.1 Å². The van der Waals surface area contributed by atoms with Crippen LogP contribution in [-0.4, -0.2) is 47.1 Å². The molecule has 0 atom stereocenters. The van der Waals surface area contributed by atoms with Crippen LogP contribution in [0.4, 0.5) is 5.82 Å². The van der Waals surface area contributed by atoms with E-state index in [1.54, 1.807) is 12.3 Å². The standard InChI is InChI=1S/C12H17N3O2/c16-9-10-7-15(8-10)6-4-12(17)14-11-3-1-2-5-13-11/h1-3,5,10,16H,4,6-9H2,(H,13,14,17). The van der Waals surface area contributed by atoms with Crippen molar-refractivity contribution < 1.29 is 9.90 Å². The third-order valence-corrected chi connectivity index (χ3v) is 2.88. The fourth-order valence-corrected chi connectivity index (χ4v) is 1.88. The highest BCUT2D eigenvalue weighted by Crippen LogP contribution is 2.14. The molecule has 1 aliphatic rings. The highest BCUT2D eigenvalue weighted by atomic mass is 16.3. The van der Waals surface area contributed by atoms with E-state index < -0.39 is 0 Å². The molecule has 1 saturated heterocycles. The fourth-order valence-electron chi connectivity index (χ4n) is 1.88. The van der Waals surface area contributed by atoms with E-state index in [0.717, 1.165) is 19.6 Å². The van der Waals surface area contributed by atoms with Crippen LogP contribution >= 0.6 is 0 Å². The molecule has 5 nitrogen and oxygen atoms in total. The summed E-state index contributed by atoms with van der Waals surface area (Å²) in [5, 5.41) is 11.6. The molecule has 1 fully saturated rings. The third kappa shape index (κ3) is 3.51. The first-order chi connectivity index (χ1) is 8.28. The van der Waals surface area contributed by atoms with Gasteiger partial charge >= 0.3 is 0 Å². The van der Waals surface area contributed by atoms with Gasteiger partial charge in [0.2, 0.25) is 5.91 Å². The zero-order valence-electron chi connectivity index (χ0n) is 9.67. The number of hydrogen-bond donors (Lipinski definition) is 2.